The van der Waals surface area contributed by atoms with Crippen molar-refractivity contribution < 1.29 is 14.3 Å². The molecule has 2 aliphatic rings. The second-order valence-electron chi connectivity index (χ2n) is 7.19. The first kappa shape index (κ1) is 24.6. The Kier molecular flexibility index (Phi) is 9.63. The lowest BCUT2D eigenvalue weighted by molar-refractivity contribution is -0.160. The van der Waals surface area contributed by atoms with Crippen LogP contribution in [0.5, 0.6) is 0 Å². The van der Waals surface area contributed by atoms with Crippen LogP contribution in [0, 0.1) is 12.8 Å². The van der Waals surface area contributed by atoms with Crippen molar-refractivity contribution in [2.75, 3.05) is 38.6 Å². The highest BCUT2D eigenvalue weighted by molar-refractivity contribution is 5.93. The van der Waals surface area contributed by atoms with E-state index in [-0.39, 0.29) is 42.5 Å². The Morgan fingerprint density at radius 1 is 1.29 bits per heavy atom. The minimum absolute atomic E-state index is 0. The summed E-state index contributed by atoms with van der Waals surface area (Å²) in [5.41, 5.74) is 0.109. The predicted molar refractivity (Wildman–Crippen MR) is 113 cm³/mol. The summed E-state index contributed by atoms with van der Waals surface area (Å²) in [5.74, 6) is 0.292. The number of likely N-dealkylation sites (tertiary alicyclic amines) is 1. The molecule has 158 valence electrons. The Labute approximate surface area is 178 Å². The van der Waals surface area contributed by atoms with E-state index in [2.05, 4.69) is 15.6 Å². The van der Waals surface area contributed by atoms with Crippen LogP contribution < -0.4 is 10.6 Å². The average molecular weight is 433 g/mol. The lowest BCUT2D eigenvalue weighted by Crippen LogP contribution is -2.57. The van der Waals surface area contributed by atoms with Crippen LogP contribution in [-0.2, 0) is 14.3 Å². The zero-order valence-corrected chi connectivity index (χ0v) is 18.0. The third kappa shape index (κ3) is 5.56. The number of carbonyl (C=O) groups is 2. The van der Waals surface area contributed by atoms with Crippen LogP contribution in [-0.4, -0.2) is 60.6 Å². The van der Waals surface area contributed by atoms with E-state index in [0.717, 1.165) is 31.6 Å². The molecular formula is C19H30Cl2N4O3. The number of methoxy groups -OCH3 is 1. The molecule has 2 saturated heterocycles. The van der Waals surface area contributed by atoms with E-state index in [0.29, 0.717) is 31.7 Å². The summed E-state index contributed by atoms with van der Waals surface area (Å²) in [5, 5.41) is 6.15. The maximum absolute atomic E-state index is 13.1. The molecule has 3 heterocycles. The van der Waals surface area contributed by atoms with Crippen molar-refractivity contribution in [3.05, 3.63) is 23.9 Å². The van der Waals surface area contributed by atoms with Crippen LogP contribution in [0.2, 0.25) is 0 Å². The number of pyridine rings is 1. The van der Waals surface area contributed by atoms with Crippen LogP contribution in [0.15, 0.2) is 18.2 Å². The molecule has 28 heavy (non-hydrogen) atoms. The smallest absolute Gasteiger partial charge is 0.254 e. The third-order valence-electron chi connectivity index (χ3n) is 5.41. The van der Waals surface area contributed by atoms with Gasteiger partial charge in [-0.15, -0.1) is 24.8 Å². The van der Waals surface area contributed by atoms with Gasteiger partial charge in [-0.2, -0.15) is 0 Å². The van der Waals surface area contributed by atoms with Crippen LogP contribution in [0.25, 0.3) is 0 Å². The molecule has 0 spiro atoms. The SMILES string of the molecule is COC1(C(=O)N2CCCC(C(=O)Nc3cccc(C)n3)C2)CCNCC1.Cl.Cl. The topological polar surface area (TPSA) is 83.6 Å². The Bertz CT molecular complexity index is 668. The highest BCUT2D eigenvalue weighted by atomic mass is 35.5. The number of halogens is 2. The predicted octanol–water partition coefficient (Wildman–Crippen LogP) is 2.18. The van der Waals surface area contributed by atoms with Gasteiger partial charge in [-0.1, -0.05) is 6.07 Å². The van der Waals surface area contributed by atoms with Crippen LogP contribution in [0.1, 0.15) is 31.4 Å². The molecule has 0 saturated carbocycles. The first-order valence-electron chi connectivity index (χ1n) is 9.34. The molecule has 1 unspecified atom stereocenters. The number of aromatic nitrogens is 1. The molecule has 7 nitrogen and oxygen atoms in total. The number of nitrogens with zero attached hydrogens (tertiary/aromatic N) is 2. The van der Waals surface area contributed by atoms with Crippen molar-refractivity contribution in [2.45, 2.75) is 38.2 Å². The molecule has 2 amide bonds. The quantitative estimate of drug-likeness (QED) is 0.761. The molecule has 0 aliphatic carbocycles. The summed E-state index contributed by atoms with van der Waals surface area (Å²) in [4.78, 5) is 31.9. The number of piperidine rings is 2. The van der Waals surface area contributed by atoms with Crippen LogP contribution >= 0.6 is 24.8 Å². The van der Waals surface area contributed by atoms with E-state index in [1.807, 2.05) is 24.0 Å². The van der Waals surface area contributed by atoms with E-state index in [9.17, 15) is 9.59 Å². The number of amides is 2. The van der Waals surface area contributed by atoms with Crippen molar-refractivity contribution in [1.29, 1.82) is 0 Å². The van der Waals surface area contributed by atoms with E-state index in [1.54, 1.807) is 13.2 Å². The molecule has 0 radical (unpaired) electrons. The summed E-state index contributed by atoms with van der Waals surface area (Å²) >= 11 is 0. The summed E-state index contributed by atoms with van der Waals surface area (Å²) in [6.45, 7) is 4.56. The third-order valence-corrected chi connectivity index (χ3v) is 5.41. The number of aryl methyl sites for hydroxylation is 1. The van der Waals surface area contributed by atoms with Gasteiger partial charge in [-0.25, -0.2) is 4.98 Å². The van der Waals surface area contributed by atoms with Gasteiger partial charge in [0.05, 0.1) is 5.92 Å². The number of hydrogen-bond donors (Lipinski definition) is 2. The van der Waals surface area contributed by atoms with Crippen molar-refractivity contribution in [1.82, 2.24) is 15.2 Å². The van der Waals surface area contributed by atoms with Gasteiger partial charge in [-0.3, -0.25) is 9.59 Å². The summed E-state index contributed by atoms with van der Waals surface area (Å²) in [6.07, 6.45) is 2.94. The molecule has 2 fully saturated rings. The van der Waals surface area contributed by atoms with Gasteiger partial charge in [0.2, 0.25) is 5.91 Å². The number of anilines is 1. The summed E-state index contributed by atoms with van der Waals surface area (Å²) < 4.78 is 5.66. The minimum Gasteiger partial charge on any atom is -0.368 e. The monoisotopic (exact) mass is 432 g/mol. The second kappa shape index (κ2) is 11.0. The summed E-state index contributed by atoms with van der Waals surface area (Å²) in [6, 6.07) is 5.54. The van der Waals surface area contributed by atoms with E-state index >= 15 is 0 Å². The van der Waals surface area contributed by atoms with Gasteiger partial charge in [0, 0.05) is 25.9 Å². The van der Waals surface area contributed by atoms with Gasteiger partial charge in [0.25, 0.3) is 5.91 Å². The molecule has 9 heteroatoms. The van der Waals surface area contributed by atoms with Crippen LogP contribution in [0.4, 0.5) is 5.82 Å². The van der Waals surface area contributed by atoms with E-state index < -0.39 is 5.60 Å². The maximum atomic E-state index is 13.1. The fraction of sp³-hybridized carbons (Fsp3) is 0.632. The zero-order chi connectivity index (χ0) is 18.6. The highest BCUT2D eigenvalue weighted by Gasteiger charge is 2.43. The first-order valence-corrected chi connectivity index (χ1v) is 9.34. The lowest BCUT2D eigenvalue weighted by Gasteiger charge is -2.41. The maximum Gasteiger partial charge on any atom is 0.254 e. The molecule has 0 aromatic carbocycles. The molecule has 1 aromatic rings. The molecule has 2 N–H and O–H groups in total. The molecule has 1 atom stereocenters. The Balaban J connectivity index is 0.00000196. The van der Waals surface area contributed by atoms with Gasteiger partial charge < -0.3 is 20.3 Å². The lowest BCUT2D eigenvalue weighted by atomic mass is 9.88. The fourth-order valence-corrected chi connectivity index (χ4v) is 3.84. The highest BCUT2D eigenvalue weighted by Crippen LogP contribution is 2.28. The zero-order valence-electron chi connectivity index (χ0n) is 16.4. The molecule has 3 rings (SSSR count). The number of nitrogens with one attached hydrogen (secondary N) is 2. The van der Waals surface area contributed by atoms with Crippen molar-refractivity contribution in [3.63, 3.8) is 0 Å². The number of hydrogen-bond acceptors (Lipinski definition) is 5. The van der Waals surface area contributed by atoms with E-state index in [1.165, 1.54) is 0 Å². The standard InChI is InChI=1S/C19H28N4O3.2ClH/c1-14-5-3-7-16(21-14)22-17(24)15-6-4-12-23(13-15)18(25)19(26-2)8-10-20-11-9-19;;/h3,5,7,15,20H,4,6,8-13H2,1-2H3,(H,21,22,24);2*1H. The van der Waals surface area contributed by atoms with Gasteiger partial charge >= 0.3 is 0 Å². The molecule has 2 aliphatic heterocycles. The largest absolute Gasteiger partial charge is 0.368 e. The molecule has 0 bridgehead atoms. The van der Waals surface area contributed by atoms with Gasteiger partial charge in [0.15, 0.2) is 0 Å². The Hall–Kier alpha value is -1.41. The first-order chi connectivity index (χ1) is 12.5. The van der Waals surface area contributed by atoms with Crippen molar-refractivity contribution in [3.8, 4) is 0 Å². The number of carbonyl (C=O) groups excluding carboxylic acids is 2. The number of ether oxygens (including phenoxy) is 1. The minimum atomic E-state index is -0.748. The van der Waals surface area contributed by atoms with Crippen molar-refractivity contribution >= 4 is 42.4 Å². The average Bonchev–Trinajstić information content (AvgIpc) is 2.68. The van der Waals surface area contributed by atoms with E-state index in [4.69, 9.17) is 4.74 Å². The Morgan fingerprint density at radius 3 is 2.64 bits per heavy atom. The fourth-order valence-electron chi connectivity index (χ4n) is 3.84. The van der Waals surface area contributed by atoms with Crippen LogP contribution in [0.3, 0.4) is 0 Å². The van der Waals surface area contributed by atoms with Gasteiger partial charge in [-0.05, 0) is 57.8 Å². The van der Waals surface area contributed by atoms with Crippen molar-refractivity contribution in [2.24, 2.45) is 5.92 Å². The molecule has 1 aromatic heterocycles. The normalized spacial score (nSPS) is 21.1. The summed E-state index contributed by atoms with van der Waals surface area (Å²) in [7, 11) is 1.61. The Morgan fingerprint density at radius 2 is 2.00 bits per heavy atom. The van der Waals surface area contributed by atoms with Gasteiger partial charge in [0.1, 0.15) is 11.4 Å². The number of rotatable bonds is 4. The molecular weight excluding hydrogens is 403 g/mol. The second-order valence-corrected chi connectivity index (χ2v) is 7.19.